The Balaban J connectivity index is 1.88. The lowest BCUT2D eigenvalue weighted by Gasteiger charge is -2.16. The molecule has 1 fully saturated rings. The molecule has 0 spiro atoms. The summed E-state index contributed by atoms with van der Waals surface area (Å²) in [5, 5.41) is 19.2. The Bertz CT molecular complexity index is 596. The predicted octanol–water partition coefficient (Wildman–Crippen LogP) is 1.45. The van der Waals surface area contributed by atoms with Crippen LogP contribution in [0.4, 0.5) is 5.82 Å². The smallest absolute Gasteiger partial charge is 0.161 e. The molecule has 3 rings (SSSR count). The van der Waals surface area contributed by atoms with Crippen molar-refractivity contribution in [2.75, 3.05) is 18.0 Å². The summed E-state index contributed by atoms with van der Waals surface area (Å²) in [6.45, 7) is 0.774. The van der Waals surface area contributed by atoms with E-state index in [4.69, 9.17) is 0 Å². The van der Waals surface area contributed by atoms with E-state index in [-0.39, 0.29) is 0 Å². The number of anilines is 1. The van der Waals surface area contributed by atoms with E-state index in [0.29, 0.717) is 24.7 Å². The third-order valence-corrected chi connectivity index (χ3v) is 3.86. The minimum atomic E-state index is -0.721. The van der Waals surface area contributed by atoms with Gasteiger partial charge in [0.2, 0.25) is 0 Å². The molecule has 1 aliphatic rings. The van der Waals surface area contributed by atoms with Crippen molar-refractivity contribution >= 4 is 21.7 Å². The number of aromatic nitrogens is 2. The Morgan fingerprint density at radius 1 is 1.05 bits per heavy atom. The molecule has 1 saturated heterocycles. The maximum atomic E-state index is 9.61. The van der Waals surface area contributed by atoms with Crippen LogP contribution in [0.3, 0.4) is 0 Å². The van der Waals surface area contributed by atoms with Crippen LogP contribution >= 0.6 is 15.9 Å². The van der Waals surface area contributed by atoms with Crippen LogP contribution in [0, 0.1) is 0 Å². The molecule has 0 unspecified atom stereocenters. The van der Waals surface area contributed by atoms with Crippen molar-refractivity contribution < 1.29 is 10.2 Å². The fraction of sp³-hybridized carbons (Fsp3) is 0.286. The maximum Gasteiger partial charge on any atom is 0.161 e. The summed E-state index contributed by atoms with van der Waals surface area (Å²) < 4.78 is 1.00. The van der Waals surface area contributed by atoms with E-state index in [9.17, 15) is 10.2 Å². The number of halogens is 1. The van der Waals surface area contributed by atoms with Crippen LogP contribution in [-0.4, -0.2) is 45.5 Å². The van der Waals surface area contributed by atoms with Gasteiger partial charge in [0, 0.05) is 29.3 Å². The highest BCUT2D eigenvalue weighted by Crippen LogP contribution is 2.23. The molecular formula is C14H14BrN3O2. The lowest BCUT2D eigenvalue weighted by atomic mass is 10.2. The fourth-order valence-electron chi connectivity index (χ4n) is 2.22. The molecule has 0 bridgehead atoms. The summed E-state index contributed by atoms with van der Waals surface area (Å²) >= 11 is 3.39. The average molecular weight is 336 g/mol. The van der Waals surface area contributed by atoms with Gasteiger partial charge in [-0.05, 0) is 18.2 Å². The molecule has 2 atom stereocenters. The standard InChI is InChI=1S/C14H14BrN3O2/c15-10-3-1-9(2-4-10)14-16-6-5-13(17-14)18-7-11(19)12(20)8-18/h1-6,11-12,19-20H,7-8H2/t11-,12+. The Morgan fingerprint density at radius 3 is 2.35 bits per heavy atom. The van der Waals surface area contributed by atoms with Crippen LogP contribution in [0.1, 0.15) is 0 Å². The second kappa shape index (κ2) is 5.47. The van der Waals surface area contributed by atoms with Gasteiger partial charge in [0.1, 0.15) is 5.82 Å². The van der Waals surface area contributed by atoms with Crippen LogP contribution in [0.15, 0.2) is 41.0 Å². The molecule has 6 heteroatoms. The van der Waals surface area contributed by atoms with Gasteiger partial charge >= 0.3 is 0 Å². The van der Waals surface area contributed by atoms with Gasteiger partial charge in [-0.3, -0.25) is 0 Å². The summed E-state index contributed by atoms with van der Waals surface area (Å²) in [4.78, 5) is 10.6. The highest BCUT2D eigenvalue weighted by atomic mass is 79.9. The molecule has 0 saturated carbocycles. The molecule has 1 aromatic carbocycles. The molecule has 1 aliphatic heterocycles. The zero-order chi connectivity index (χ0) is 14.1. The summed E-state index contributed by atoms with van der Waals surface area (Å²) in [5.41, 5.74) is 0.926. The van der Waals surface area contributed by atoms with Crippen LogP contribution in [0.5, 0.6) is 0 Å². The number of β-amino-alcohol motifs (C(OH)–C–C–N with tert-alkyl or cyclic N) is 2. The zero-order valence-corrected chi connectivity index (χ0v) is 12.2. The van der Waals surface area contributed by atoms with E-state index in [0.717, 1.165) is 10.0 Å². The quantitative estimate of drug-likeness (QED) is 0.869. The molecule has 104 valence electrons. The topological polar surface area (TPSA) is 69.5 Å². The van der Waals surface area contributed by atoms with E-state index in [1.165, 1.54) is 0 Å². The van der Waals surface area contributed by atoms with Crippen molar-refractivity contribution in [3.63, 3.8) is 0 Å². The normalized spacial score (nSPS) is 22.2. The minimum Gasteiger partial charge on any atom is -0.389 e. The first-order chi connectivity index (χ1) is 9.63. The highest BCUT2D eigenvalue weighted by Gasteiger charge is 2.30. The molecule has 0 amide bonds. The Kier molecular flexibility index (Phi) is 3.69. The van der Waals surface area contributed by atoms with Gasteiger partial charge in [-0.2, -0.15) is 0 Å². The van der Waals surface area contributed by atoms with Crippen LogP contribution in [0.2, 0.25) is 0 Å². The van der Waals surface area contributed by atoms with E-state index in [1.54, 1.807) is 12.3 Å². The molecule has 1 aromatic heterocycles. The molecule has 20 heavy (non-hydrogen) atoms. The minimum absolute atomic E-state index is 0.387. The van der Waals surface area contributed by atoms with Crippen molar-refractivity contribution in [3.8, 4) is 11.4 Å². The van der Waals surface area contributed by atoms with Crippen molar-refractivity contribution in [2.24, 2.45) is 0 Å². The number of aliphatic hydroxyl groups excluding tert-OH is 2. The molecule has 5 nitrogen and oxygen atoms in total. The SMILES string of the molecule is O[C@@H]1CN(c2ccnc(-c3ccc(Br)cc3)n2)C[C@@H]1O. The Morgan fingerprint density at radius 2 is 1.70 bits per heavy atom. The number of aliphatic hydroxyl groups is 2. The van der Waals surface area contributed by atoms with Crippen molar-refractivity contribution in [2.45, 2.75) is 12.2 Å². The number of rotatable bonds is 2. The summed E-state index contributed by atoms with van der Waals surface area (Å²) in [5.74, 6) is 1.35. The van der Waals surface area contributed by atoms with Crippen molar-refractivity contribution in [1.82, 2.24) is 9.97 Å². The second-order valence-corrected chi connectivity index (χ2v) is 5.70. The number of nitrogens with zero attached hydrogens (tertiary/aromatic N) is 3. The third-order valence-electron chi connectivity index (χ3n) is 3.33. The predicted molar refractivity (Wildman–Crippen MR) is 79.4 cm³/mol. The van der Waals surface area contributed by atoms with Gasteiger partial charge in [-0.1, -0.05) is 28.1 Å². The average Bonchev–Trinajstić information content (AvgIpc) is 2.80. The molecule has 0 radical (unpaired) electrons. The largest absolute Gasteiger partial charge is 0.389 e. The first-order valence-corrected chi connectivity index (χ1v) is 7.13. The third kappa shape index (κ3) is 2.67. The molecule has 2 N–H and O–H groups in total. The van der Waals surface area contributed by atoms with E-state index < -0.39 is 12.2 Å². The Labute approximate surface area is 125 Å². The van der Waals surface area contributed by atoms with Gasteiger partial charge in [-0.25, -0.2) is 9.97 Å². The first-order valence-electron chi connectivity index (χ1n) is 6.33. The molecule has 2 aromatic rings. The van der Waals surface area contributed by atoms with Crippen molar-refractivity contribution in [3.05, 3.63) is 41.0 Å². The molecule has 0 aliphatic carbocycles. The fourth-order valence-corrected chi connectivity index (χ4v) is 2.48. The lowest BCUT2D eigenvalue weighted by Crippen LogP contribution is -2.22. The maximum absolute atomic E-state index is 9.61. The number of hydrogen-bond acceptors (Lipinski definition) is 5. The summed E-state index contributed by atoms with van der Waals surface area (Å²) in [7, 11) is 0. The van der Waals surface area contributed by atoms with E-state index in [1.807, 2.05) is 29.2 Å². The van der Waals surface area contributed by atoms with Gasteiger partial charge in [0.05, 0.1) is 12.2 Å². The van der Waals surface area contributed by atoms with E-state index in [2.05, 4.69) is 25.9 Å². The lowest BCUT2D eigenvalue weighted by molar-refractivity contribution is 0.0572. The Hall–Kier alpha value is -1.50. The van der Waals surface area contributed by atoms with Crippen LogP contribution in [0.25, 0.3) is 11.4 Å². The van der Waals surface area contributed by atoms with Crippen molar-refractivity contribution in [1.29, 1.82) is 0 Å². The monoisotopic (exact) mass is 335 g/mol. The zero-order valence-electron chi connectivity index (χ0n) is 10.6. The summed E-state index contributed by atoms with van der Waals surface area (Å²) in [6, 6.07) is 9.55. The van der Waals surface area contributed by atoms with Crippen LogP contribution < -0.4 is 4.90 Å². The summed E-state index contributed by atoms with van der Waals surface area (Å²) in [6.07, 6.45) is 0.249. The van der Waals surface area contributed by atoms with Gasteiger partial charge in [0.25, 0.3) is 0 Å². The number of hydrogen-bond donors (Lipinski definition) is 2. The van der Waals surface area contributed by atoms with Crippen LogP contribution in [-0.2, 0) is 0 Å². The molecular weight excluding hydrogens is 322 g/mol. The number of benzene rings is 1. The van der Waals surface area contributed by atoms with Gasteiger partial charge in [0.15, 0.2) is 5.82 Å². The van der Waals surface area contributed by atoms with Gasteiger partial charge < -0.3 is 15.1 Å². The molecule has 2 heterocycles. The first kappa shape index (κ1) is 13.5. The second-order valence-electron chi connectivity index (χ2n) is 4.79. The van der Waals surface area contributed by atoms with Gasteiger partial charge in [-0.15, -0.1) is 0 Å². The van der Waals surface area contributed by atoms with E-state index >= 15 is 0 Å². The highest BCUT2D eigenvalue weighted by molar-refractivity contribution is 9.10.